The highest BCUT2D eigenvalue weighted by Crippen LogP contribution is 2.23. The molecule has 5 nitrogen and oxygen atoms in total. The fraction of sp³-hybridized carbons (Fsp3) is 0.364. The fourth-order valence-electron chi connectivity index (χ4n) is 1.54. The summed E-state index contributed by atoms with van der Waals surface area (Å²) in [7, 11) is 0. The predicted octanol–water partition coefficient (Wildman–Crippen LogP) is 1.76. The van der Waals surface area contributed by atoms with Crippen LogP contribution in [0.15, 0.2) is 22.7 Å². The number of tetrazole rings is 1. The van der Waals surface area contributed by atoms with Gasteiger partial charge in [-0.15, -0.1) is 5.10 Å². The number of nitrogens with zero attached hydrogens (tertiary/aromatic N) is 4. The first kappa shape index (κ1) is 12.2. The third-order valence-electron chi connectivity index (χ3n) is 2.54. The fourth-order valence-corrected chi connectivity index (χ4v) is 1.91. The first-order chi connectivity index (χ1) is 8.22. The molecule has 0 saturated heterocycles. The third kappa shape index (κ3) is 2.70. The number of nitrogens with two attached hydrogens (primary N) is 1. The molecule has 2 N–H and O–H groups in total. The van der Waals surface area contributed by atoms with Gasteiger partial charge in [-0.3, -0.25) is 0 Å². The summed E-state index contributed by atoms with van der Waals surface area (Å²) in [5.41, 5.74) is 7.68. The molecule has 0 aliphatic carbocycles. The summed E-state index contributed by atoms with van der Waals surface area (Å²) >= 11 is 3.51. The maximum atomic E-state index is 5.49. The van der Waals surface area contributed by atoms with Gasteiger partial charge < -0.3 is 5.73 Å². The van der Waals surface area contributed by atoms with Gasteiger partial charge in [0.1, 0.15) is 0 Å². The Bertz CT molecular complexity index is 508. The average Bonchev–Trinajstić information content (AvgIpc) is 2.78. The van der Waals surface area contributed by atoms with Crippen molar-refractivity contribution in [1.29, 1.82) is 0 Å². The minimum absolute atomic E-state index is 0.636. The summed E-state index contributed by atoms with van der Waals surface area (Å²) in [5, 5.41) is 11.7. The summed E-state index contributed by atoms with van der Waals surface area (Å²) in [6.07, 6.45) is 0.866. The molecular formula is C11H14BrN5. The van der Waals surface area contributed by atoms with E-state index in [-0.39, 0.29) is 0 Å². The summed E-state index contributed by atoms with van der Waals surface area (Å²) < 4.78 is 2.84. The van der Waals surface area contributed by atoms with Crippen molar-refractivity contribution in [3.8, 4) is 11.4 Å². The van der Waals surface area contributed by atoms with Gasteiger partial charge in [-0.05, 0) is 41.9 Å². The molecule has 2 rings (SSSR count). The maximum absolute atomic E-state index is 5.49. The largest absolute Gasteiger partial charge is 0.330 e. The van der Waals surface area contributed by atoms with Crippen molar-refractivity contribution in [2.75, 3.05) is 6.54 Å². The molecule has 0 fully saturated rings. The number of benzene rings is 1. The molecule has 0 unspecified atom stereocenters. The van der Waals surface area contributed by atoms with Gasteiger partial charge in [0.05, 0.1) is 0 Å². The van der Waals surface area contributed by atoms with E-state index in [4.69, 9.17) is 5.73 Å². The van der Waals surface area contributed by atoms with Crippen LogP contribution in [0.25, 0.3) is 11.4 Å². The monoisotopic (exact) mass is 295 g/mol. The smallest absolute Gasteiger partial charge is 0.182 e. The summed E-state index contributed by atoms with van der Waals surface area (Å²) in [5.74, 6) is 0.777. The highest BCUT2D eigenvalue weighted by atomic mass is 79.9. The Hall–Kier alpha value is -1.27. The Kier molecular flexibility index (Phi) is 3.86. The number of aromatic nitrogens is 4. The van der Waals surface area contributed by atoms with Gasteiger partial charge in [0.15, 0.2) is 5.82 Å². The van der Waals surface area contributed by atoms with Crippen LogP contribution in [0.3, 0.4) is 0 Å². The Labute approximate surface area is 108 Å². The zero-order valence-corrected chi connectivity index (χ0v) is 11.2. The Morgan fingerprint density at radius 2 is 2.24 bits per heavy atom. The van der Waals surface area contributed by atoms with Crippen molar-refractivity contribution < 1.29 is 0 Å². The molecule has 6 heteroatoms. The van der Waals surface area contributed by atoms with Crippen molar-refractivity contribution in [1.82, 2.24) is 20.2 Å². The van der Waals surface area contributed by atoms with E-state index in [0.717, 1.165) is 28.8 Å². The van der Waals surface area contributed by atoms with E-state index >= 15 is 0 Å². The molecular weight excluding hydrogens is 282 g/mol. The van der Waals surface area contributed by atoms with Crippen LogP contribution in [0.2, 0.25) is 0 Å². The van der Waals surface area contributed by atoms with E-state index in [9.17, 15) is 0 Å². The van der Waals surface area contributed by atoms with Gasteiger partial charge in [0, 0.05) is 16.6 Å². The van der Waals surface area contributed by atoms with Crippen molar-refractivity contribution in [3.05, 3.63) is 28.2 Å². The van der Waals surface area contributed by atoms with Crippen LogP contribution in [0.1, 0.15) is 12.0 Å². The maximum Gasteiger partial charge on any atom is 0.182 e. The summed E-state index contributed by atoms with van der Waals surface area (Å²) in [6.45, 7) is 3.42. The quantitative estimate of drug-likeness (QED) is 0.933. The van der Waals surface area contributed by atoms with Crippen LogP contribution in [0.4, 0.5) is 0 Å². The molecule has 1 aromatic heterocycles. The first-order valence-corrected chi connectivity index (χ1v) is 6.24. The zero-order chi connectivity index (χ0) is 12.3. The van der Waals surface area contributed by atoms with Crippen LogP contribution in [-0.2, 0) is 6.54 Å². The second kappa shape index (κ2) is 5.37. The highest BCUT2D eigenvalue weighted by Gasteiger charge is 2.09. The second-order valence-corrected chi connectivity index (χ2v) is 4.69. The minimum atomic E-state index is 0.636. The molecule has 0 radical (unpaired) electrons. The van der Waals surface area contributed by atoms with Crippen LogP contribution in [0, 0.1) is 6.92 Å². The SMILES string of the molecule is Cc1ccc(-c2nnnn2CCCN)cc1Br. The van der Waals surface area contributed by atoms with Crippen molar-refractivity contribution in [3.63, 3.8) is 0 Å². The number of aryl methyl sites for hydroxylation is 2. The molecule has 0 saturated carbocycles. The van der Waals surface area contributed by atoms with Gasteiger partial charge in [0.25, 0.3) is 0 Å². The van der Waals surface area contributed by atoms with Crippen LogP contribution in [-0.4, -0.2) is 26.8 Å². The van der Waals surface area contributed by atoms with E-state index in [1.54, 1.807) is 4.68 Å². The molecule has 1 aromatic carbocycles. The molecule has 2 aromatic rings. The lowest BCUT2D eigenvalue weighted by atomic mass is 10.1. The molecule has 1 heterocycles. The molecule has 0 amide bonds. The van der Waals surface area contributed by atoms with E-state index in [2.05, 4.69) is 31.5 Å². The Balaban J connectivity index is 2.32. The normalized spacial score (nSPS) is 10.8. The Morgan fingerprint density at radius 1 is 1.41 bits per heavy atom. The Morgan fingerprint density at radius 3 is 2.94 bits per heavy atom. The van der Waals surface area contributed by atoms with Crippen LogP contribution < -0.4 is 5.73 Å². The predicted molar refractivity (Wildman–Crippen MR) is 69.4 cm³/mol. The third-order valence-corrected chi connectivity index (χ3v) is 3.39. The van der Waals surface area contributed by atoms with Crippen LogP contribution >= 0.6 is 15.9 Å². The standard InChI is InChI=1S/C11H14BrN5/c1-8-3-4-9(7-10(8)12)11-14-15-16-17(11)6-2-5-13/h3-4,7H,2,5-6,13H2,1H3. The molecule has 0 aliphatic rings. The highest BCUT2D eigenvalue weighted by molar-refractivity contribution is 9.10. The number of hydrogen-bond acceptors (Lipinski definition) is 4. The number of hydrogen-bond donors (Lipinski definition) is 1. The van der Waals surface area contributed by atoms with Crippen molar-refractivity contribution >= 4 is 15.9 Å². The van der Waals surface area contributed by atoms with E-state index in [1.165, 1.54) is 5.56 Å². The minimum Gasteiger partial charge on any atom is -0.330 e. The van der Waals surface area contributed by atoms with Gasteiger partial charge in [-0.2, -0.15) is 0 Å². The van der Waals surface area contributed by atoms with Gasteiger partial charge in [-0.25, -0.2) is 4.68 Å². The zero-order valence-electron chi connectivity index (χ0n) is 9.60. The van der Waals surface area contributed by atoms with Gasteiger partial charge in [0.2, 0.25) is 0 Å². The number of rotatable bonds is 4. The second-order valence-electron chi connectivity index (χ2n) is 3.83. The lowest BCUT2D eigenvalue weighted by Gasteiger charge is -2.05. The van der Waals surface area contributed by atoms with Crippen molar-refractivity contribution in [2.45, 2.75) is 19.9 Å². The van der Waals surface area contributed by atoms with Gasteiger partial charge in [-0.1, -0.05) is 28.1 Å². The average molecular weight is 296 g/mol. The van der Waals surface area contributed by atoms with Gasteiger partial charge >= 0.3 is 0 Å². The van der Waals surface area contributed by atoms with E-state index < -0.39 is 0 Å². The van der Waals surface area contributed by atoms with Crippen molar-refractivity contribution in [2.24, 2.45) is 5.73 Å². The molecule has 0 spiro atoms. The number of halogens is 1. The molecule has 90 valence electrons. The molecule has 17 heavy (non-hydrogen) atoms. The first-order valence-electron chi connectivity index (χ1n) is 5.45. The summed E-state index contributed by atoms with van der Waals surface area (Å²) in [4.78, 5) is 0. The lowest BCUT2D eigenvalue weighted by Crippen LogP contribution is -2.08. The molecule has 0 bridgehead atoms. The van der Waals surface area contributed by atoms with E-state index in [1.807, 2.05) is 25.1 Å². The van der Waals surface area contributed by atoms with E-state index in [0.29, 0.717) is 6.54 Å². The van der Waals surface area contributed by atoms with Crippen LogP contribution in [0.5, 0.6) is 0 Å². The lowest BCUT2D eigenvalue weighted by molar-refractivity contribution is 0.568. The molecule has 0 atom stereocenters. The topological polar surface area (TPSA) is 69.6 Å². The molecule has 0 aliphatic heterocycles. The summed E-state index contributed by atoms with van der Waals surface area (Å²) in [6, 6.07) is 6.09.